The van der Waals surface area contributed by atoms with Crippen molar-refractivity contribution in [2.45, 2.75) is 32.4 Å². The van der Waals surface area contributed by atoms with E-state index in [1.54, 1.807) is 6.92 Å². The molecule has 178 valence electrons. The fraction of sp³-hybridized carbons (Fsp3) is 0.706. The maximum Gasteiger partial charge on any atom is 0.323 e. The van der Waals surface area contributed by atoms with Gasteiger partial charge in [-0.3, -0.25) is 19.7 Å². The highest BCUT2D eigenvalue weighted by molar-refractivity contribution is 5.95. The highest BCUT2D eigenvalue weighted by atomic mass is 16.5. The second-order valence-electron chi connectivity index (χ2n) is 6.49. The molecule has 14 nitrogen and oxygen atoms in total. The second kappa shape index (κ2) is 15.8. The van der Waals surface area contributed by atoms with Crippen LogP contribution < -0.4 is 32.7 Å². The summed E-state index contributed by atoms with van der Waals surface area (Å²) < 4.78 is 10.3. The Morgan fingerprint density at radius 2 is 1.65 bits per heavy atom. The van der Waals surface area contributed by atoms with Gasteiger partial charge in [-0.2, -0.15) is 0 Å². The summed E-state index contributed by atoms with van der Waals surface area (Å²) in [5.74, 6) is -2.12. The van der Waals surface area contributed by atoms with Crippen LogP contribution in [0.25, 0.3) is 0 Å². The number of urea groups is 2. The van der Waals surface area contributed by atoms with Gasteiger partial charge in [-0.15, -0.1) is 0 Å². The number of imide groups is 1. The van der Waals surface area contributed by atoms with Crippen LogP contribution in [0.2, 0.25) is 0 Å². The lowest BCUT2D eigenvalue weighted by molar-refractivity contribution is -0.131. The average molecular weight is 448 g/mol. The van der Waals surface area contributed by atoms with E-state index in [1.165, 1.54) is 0 Å². The van der Waals surface area contributed by atoms with Gasteiger partial charge in [0.05, 0.1) is 26.4 Å². The first-order valence-corrected chi connectivity index (χ1v) is 9.61. The van der Waals surface area contributed by atoms with Crippen LogP contribution in [0.1, 0.15) is 20.3 Å². The van der Waals surface area contributed by atoms with Crippen LogP contribution in [0.5, 0.6) is 0 Å². The van der Waals surface area contributed by atoms with Crippen molar-refractivity contribution in [1.29, 1.82) is 0 Å². The number of amides is 7. The van der Waals surface area contributed by atoms with Gasteiger partial charge in [0.1, 0.15) is 18.7 Å². The third kappa shape index (κ3) is 13.0. The molecule has 0 saturated carbocycles. The third-order valence-corrected chi connectivity index (χ3v) is 4.03. The molecule has 9 N–H and O–H groups in total. The smallest absolute Gasteiger partial charge is 0.323 e. The van der Waals surface area contributed by atoms with E-state index < -0.39 is 48.5 Å². The molecule has 0 aromatic heterocycles. The van der Waals surface area contributed by atoms with Crippen molar-refractivity contribution < 1.29 is 38.6 Å². The van der Waals surface area contributed by atoms with E-state index >= 15 is 0 Å². The molecule has 0 saturated heterocycles. The molecule has 0 aliphatic carbocycles. The van der Waals surface area contributed by atoms with Gasteiger partial charge in [0.15, 0.2) is 0 Å². The van der Waals surface area contributed by atoms with E-state index in [4.69, 9.17) is 26.0 Å². The van der Waals surface area contributed by atoms with Gasteiger partial charge in [0.2, 0.25) is 17.7 Å². The van der Waals surface area contributed by atoms with E-state index in [0.29, 0.717) is 6.42 Å². The number of hydrogen-bond acceptors (Lipinski definition) is 8. The van der Waals surface area contributed by atoms with Crippen LogP contribution in [0.4, 0.5) is 9.59 Å². The fourth-order valence-corrected chi connectivity index (χ4v) is 2.18. The lowest BCUT2D eigenvalue weighted by Crippen LogP contribution is -2.54. The number of aliphatic hydroxyl groups excluding tert-OH is 1. The van der Waals surface area contributed by atoms with Gasteiger partial charge in [-0.05, 0) is 5.92 Å². The molecule has 3 atom stereocenters. The molecule has 0 aliphatic rings. The minimum atomic E-state index is -1.17. The summed E-state index contributed by atoms with van der Waals surface area (Å²) in [6.07, 6.45) is 0.606. The number of carbonyl (C=O) groups excluding carboxylic acids is 5. The molecule has 0 rings (SSSR count). The number of hydrogen-bond donors (Lipinski definition) is 7. The summed E-state index contributed by atoms with van der Waals surface area (Å²) in [6, 6.07) is -3.94. The Labute approximate surface area is 179 Å². The van der Waals surface area contributed by atoms with Gasteiger partial charge in [0, 0.05) is 6.54 Å². The van der Waals surface area contributed by atoms with Crippen molar-refractivity contribution in [3.63, 3.8) is 0 Å². The van der Waals surface area contributed by atoms with E-state index in [1.807, 2.05) is 12.2 Å². The molecule has 14 heteroatoms. The predicted octanol–water partition coefficient (Wildman–Crippen LogP) is -3.11. The fourth-order valence-electron chi connectivity index (χ4n) is 2.18. The first-order chi connectivity index (χ1) is 14.6. The van der Waals surface area contributed by atoms with E-state index in [2.05, 4.69) is 16.0 Å². The van der Waals surface area contributed by atoms with E-state index in [0.717, 1.165) is 0 Å². The summed E-state index contributed by atoms with van der Waals surface area (Å²) in [6.45, 7) is 3.17. The van der Waals surface area contributed by atoms with Crippen LogP contribution in [0.15, 0.2) is 0 Å². The third-order valence-electron chi connectivity index (χ3n) is 4.03. The number of aliphatic hydroxyl groups is 1. The minimum absolute atomic E-state index is 0.0755. The average Bonchev–Trinajstić information content (AvgIpc) is 2.70. The van der Waals surface area contributed by atoms with E-state index in [-0.39, 0.29) is 38.9 Å². The molecule has 0 aromatic carbocycles. The summed E-state index contributed by atoms with van der Waals surface area (Å²) in [7, 11) is 0. The number of nitrogens with one attached hydrogen (secondary N) is 4. The van der Waals surface area contributed by atoms with Crippen molar-refractivity contribution in [3.8, 4) is 0 Å². The summed E-state index contributed by atoms with van der Waals surface area (Å²) in [5.41, 5.74) is 9.85. The number of primary amides is 2. The molecule has 0 fully saturated rings. The van der Waals surface area contributed by atoms with Crippen LogP contribution in [0, 0.1) is 5.92 Å². The summed E-state index contributed by atoms with van der Waals surface area (Å²) in [5, 5.41) is 17.9. The Morgan fingerprint density at radius 3 is 2.19 bits per heavy atom. The number of nitrogens with two attached hydrogens (primary N) is 2. The molecule has 0 aliphatic heterocycles. The Hall–Kier alpha value is -2.97. The standard InChI is InChI=1S/C17H32N6O8/c1-3-10(2)13(22-17(29)23-16(19)28)15(27)20-4-5-30-6-7-31-9-12(25)21-11(8-24)14(18)26/h10-11,13,24H,3-9H2,1-2H3,(H2,18,26)(H,20,27)(H,21,25)(H4,19,22,23,28,29). The van der Waals surface area contributed by atoms with Crippen molar-refractivity contribution in [3.05, 3.63) is 0 Å². The lowest BCUT2D eigenvalue weighted by Gasteiger charge is -2.23. The largest absolute Gasteiger partial charge is 0.394 e. The zero-order chi connectivity index (χ0) is 23.8. The number of ether oxygens (including phenoxy) is 2. The Balaban J connectivity index is 4.07. The topological polar surface area (TPSA) is 224 Å². The van der Waals surface area contributed by atoms with Crippen LogP contribution in [-0.2, 0) is 23.9 Å². The molecule has 0 aromatic rings. The Kier molecular flexibility index (Phi) is 14.3. The quantitative estimate of drug-likeness (QED) is 0.127. The Bertz CT molecular complexity index is 617. The first kappa shape index (κ1) is 28.0. The summed E-state index contributed by atoms with van der Waals surface area (Å²) in [4.78, 5) is 57.0. The SMILES string of the molecule is CCC(C)C(NC(=O)NC(N)=O)C(=O)NCCOCCOCC(=O)NC(CO)C(N)=O. The molecule has 7 amide bonds. The highest BCUT2D eigenvalue weighted by Crippen LogP contribution is 2.07. The maximum absolute atomic E-state index is 12.3. The van der Waals surface area contributed by atoms with Gasteiger partial charge in [0.25, 0.3) is 0 Å². The monoisotopic (exact) mass is 448 g/mol. The Morgan fingerprint density at radius 1 is 1.00 bits per heavy atom. The zero-order valence-corrected chi connectivity index (χ0v) is 17.6. The van der Waals surface area contributed by atoms with Crippen molar-refractivity contribution >= 4 is 29.8 Å². The lowest BCUT2D eigenvalue weighted by atomic mass is 9.98. The second-order valence-corrected chi connectivity index (χ2v) is 6.49. The zero-order valence-electron chi connectivity index (χ0n) is 17.6. The molecular formula is C17H32N6O8. The normalized spacial score (nSPS) is 13.4. The van der Waals surface area contributed by atoms with E-state index in [9.17, 15) is 24.0 Å². The number of carbonyl (C=O) groups is 5. The van der Waals surface area contributed by atoms with Gasteiger partial charge in [-0.1, -0.05) is 20.3 Å². The molecule has 0 heterocycles. The molecular weight excluding hydrogens is 416 g/mol. The van der Waals surface area contributed by atoms with Crippen molar-refractivity contribution in [1.82, 2.24) is 21.3 Å². The van der Waals surface area contributed by atoms with Gasteiger partial charge >= 0.3 is 12.1 Å². The maximum atomic E-state index is 12.3. The highest BCUT2D eigenvalue weighted by Gasteiger charge is 2.26. The van der Waals surface area contributed by atoms with Gasteiger partial charge in [-0.25, -0.2) is 9.59 Å². The number of rotatable bonds is 15. The predicted molar refractivity (Wildman–Crippen MR) is 107 cm³/mol. The minimum Gasteiger partial charge on any atom is -0.394 e. The summed E-state index contributed by atoms with van der Waals surface area (Å²) >= 11 is 0. The van der Waals surface area contributed by atoms with Crippen LogP contribution in [-0.4, -0.2) is 86.6 Å². The van der Waals surface area contributed by atoms with Crippen molar-refractivity contribution in [2.24, 2.45) is 17.4 Å². The molecule has 0 spiro atoms. The van der Waals surface area contributed by atoms with Crippen LogP contribution >= 0.6 is 0 Å². The molecule has 31 heavy (non-hydrogen) atoms. The van der Waals surface area contributed by atoms with Crippen molar-refractivity contribution in [2.75, 3.05) is 39.6 Å². The molecule has 3 unspecified atom stereocenters. The molecule has 0 radical (unpaired) electrons. The molecule has 0 bridgehead atoms. The first-order valence-electron chi connectivity index (χ1n) is 9.61. The van der Waals surface area contributed by atoms with Crippen LogP contribution in [0.3, 0.4) is 0 Å². The van der Waals surface area contributed by atoms with Gasteiger partial charge < -0.3 is 42.0 Å².